The maximum absolute atomic E-state index is 12.0. The van der Waals surface area contributed by atoms with Crippen LogP contribution in [-0.4, -0.2) is 17.4 Å². The molecule has 6 heteroatoms. The van der Waals surface area contributed by atoms with Crippen LogP contribution in [-0.2, 0) is 4.79 Å². The number of hydrogen-bond acceptors (Lipinski definition) is 3. The van der Waals surface area contributed by atoms with Crippen LogP contribution in [0.4, 0.5) is 11.4 Å². The molecular weight excluding hydrogens is 345 g/mol. The van der Waals surface area contributed by atoms with Crippen molar-refractivity contribution in [2.45, 2.75) is 6.42 Å². The van der Waals surface area contributed by atoms with Crippen molar-refractivity contribution in [1.82, 2.24) is 4.98 Å². The third-order valence-electron chi connectivity index (χ3n) is 3.45. The predicted octanol–water partition coefficient (Wildman–Crippen LogP) is 4.98. The summed E-state index contributed by atoms with van der Waals surface area (Å²) in [7, 11) is 0. The Morgan fingerprint density at radius 2 is 1.79 bits per heavy atom. The molecule has 0 aliphatic heterocycles. The molecule has 24 heavy (non-hydrogen) atoms. The fourth-order valence-electron chi connectivity index (χ4n) is 2.41. The summed E-state index contributed by atoms with van der Waals surface area (Å²) < 4.78 is 0. The Hall–Kier alpha value is -2.30. The lowest BCUT2D eigenvalue weighted by Gasteiger charge is -2.10. The third-order valence-corrected chi connectivity index (χ3v) is 3.88. The maximum Gasteiger partial charge on any atom is 0.226 e. The first kappa shape index (κ1) is 16.6. The zero-order valence-corrected chi connectivity index (χ0v) is 14.2. The Labute approximate surface area is 149 Å². The maximum atomic E-state index is 12.0. The zero-order valence-electron chi connectivity index (χ0n) is 12.7. The molecule has 0 atom stereocenters. The van der Waals surface area contributed by atoms with Crippen molar-refractivity contribution in [1.29, 1.82) is 0 Å². The Morgan fingerprint density at radius 3 is 2.58 bits per heavy atom. The summed E-state index contributed by atoms with van der Waals surface area (Å²) in [5, 5.41) is 8.06. The van der Waals surface area contributed by atoms with E-state index in [1.165, 1.54) is 0 Å². The van der Waals surface area contributed by atoms with Gasteiger partial charge in [-0.1, -0.05) is 41.4 Å². The average Bonchev–Trinajstić information content (AvgIpc) is 2.54. The highest BCUT2D eigenvalue weighted by atomic mass is 35.5. The summed E-state index contributed by atoms with van der Waals surface area (Å²) in [4.78, 5) is 16.4. The molecule has 1 amide bonds. The lowest BCUT2D eigenvalue weighted by Crippen LogP contribution is -2.16. The number of rotatable bonds is 5. The average molecular weight is 360 g/mol. The lowest BCUT2D eigenvalue weighted by molar-refractivity contribution is -0.115. The molecular formula is C18H15Cl2N3O. The lowest BCUT2D eigenvalue weighted by atomic mass is 10.2. The summed E-state index contributed by atoms with van der Waals surface area (Å²) in [6, 6.07) is 14.8. The molecule has 4 nitrogen and oxygen atoms in total. The number of nitrogens with one attached hydrogen (secondary N) is 2. The van der Waals surface area contributed by atoms with E-state index in [1.807, 2.05) is 30.3 Å². The van der Waals surface area contributed by atoms with Crippen molar-refractivity contribution in [3.63, 3.8) is 0 Å². The van der Waals surface area contributed by atoms with Crippen molar-refractivity contribution >= 4 is 51.4 Å². The topological polar surface area (TPSA) is 54.0 Å². The van der Waals surface area contributed by atoms with Gasteiger partial charge >= 0.3 is 0 Å². The summed E-state index contributed by atoms with van der Waals surface area (Å²) in [5.41, 5.74) is 2.39. The van der Waals surface area contributed by atoms with Crippen LogP contribution in [0.25, 0.3) is 10.9 Å². The van der Waals surface area contributed by atoms with Crippen molar-refractivity contribution in [3.8, 4) is 0 Å². The molecule has 0 unspecified atom stereocenters. The zero-order chi connectivity index (χ0) is 16.9. The smallest absolute Gasteiger partial charge is 0.226 e. The van der Waals surface area contributed by atoms with Gasteiger partial charge in [0.2, 0.25) is 5.91 Å². The fourth-order valence-corrected chi connectivity index (χ4v) is 2.93. The quantitative estimate of drug-likeness (QED) is 0.675. The number of anilines is 2. The minimum Gasteiger partial charge on any atom is -0.383 e. The van der Waals surface area contributed by atoms with E-state index in [0.717, 1.165) is 16.6 Å². The first-order valence-electron chi connectivity index (χ1n) is 7.45. The second-order valence-corrected chi connectivity index (χ2v) is 6.14. The SMILES string of the molecule is O=C(CCNc1cccc2cccnc12)Nc1cc(Cl)cc(Cl)c1. The number of amides is 1. The van der Waals surface area contributed by atoms with Gasteiger partial charge < -0.3 is 10.6 Å². The summed E-state index contributed by atoms with van der Waals surface area (Å²) in [5.74, 6) is -0.117. The number of para-hydroxylation sites is 1. The molecule has 0 fully saturated rings. The molecule has 122 valence electrons. The minimum atomic E-state index is -0.117. The van der Waals surface area contributed by atoms with E-state index in [2.05, 4.69) is 15.6 Å². The molecule has 0 spiro atoms. The van der Waals surface area contributed by atoms with Crippen LogP contribution in [0.1, 0.15) is 6.42 Å². The van der Waals surface area contributed by atoms with E-state index < -0.39 is 0 Å². The molecule has 0 aliphatic carbocycles. The highest BCUT2D eigenvalue weighted by Gasteiger charge is 2.06. The number of nitrogens with zero attached hydrogens (tertiary/aromatic N) is 1. The van der Waals surface area contributed by atoms with Gasteiger partial charge in [-0.2, -0.15) is 0 Å². The van der Waals surface area contributed by atoms with E-state index in [-0.39, 0.29) is 5.91 Å². The van der Waals surface area contributed by atoms with Crippen molar-refractivity contribution in [2.24, 2.45) is 0 Å². The Morgan fingerprint density at radius 1 is 1.04 bits per heavy atom. The van der Waals surface area contributed by atoms with Gasteiger partial charge in [0.05, 0.1) is 11.2 Å². The number of benzene rings is 2. The number of pyridine rings is 1. The normalized spacial score (nSPS) is 10.6. The summed E-state index contributed by atoms with van der Waals surface area (Å²) in [6.07, 6.45) is 2.07. The van der Waals surface area contributed by atoms with Gasteiger partial charge in [0.15, 0.2) is 0 Å². The first-order valence-corrected chi connectivity index (χ1v) is 8.21. The molecule has 2 N–H and O–H groups in total. The van der Waals surface area contributed by atoms with Crippen LogP contribution in [0, 0.1) is 0 Å². The summed E-state index contributed by atoms with van der Waals surface area (Å²) in [6.45, 7) is 0.496. The van der Waals surface area contributed by atoms with Gasteiger partial charge in [0.25, 0.3) is 0 Å². The van der Waals surface area contributed by atoms with Crippen LogP contribution in [0.2, 0.25) is 10.0 Å². The van der Waals surface area contributed by atoms with Crippen LogP contribution >= 0.6 is 23.2 Å². The van der Waals surface area contributed by atoms with Gasteiger partial charge in [0.1, 0.15) is 0 Å². The molecule has 1 heterocycles. The largest absolute Gasteiger partial charge is 0.383 e. The van der Waals surface area contributed by atoms with Crippen LogP contribution in [0.15, 0.2) is 54.7 Å². The number of halogens is 2. The number of aromatic nitrogens is 1. The monoisotopic (exact) mass is 359 g/mol. The summed E-state index contributed by atoms with van der Waals surface area (Å²) >= 11 is 11.8. The van der Waals surface area contributed by atoms with Gasteiger partial charge in [0, 0.05) is 40.3 Å². The van der Waals surface area contributed by atoms with Crippen molar-refractivity contribution in [2.75, 3.05) is 17.2 Å². The molecule has 0 bridgehead atoms. The fraction of sp³-hybridized carbons (Fsp3) is 0.111. The highest BCUT2D eigenvalue weighted by molar-refractivity contribution is 6.35. The number of carbonyl (C=O) groups is 1. The van der Waals surface area contributed by atoms with Gasteiger partial charge in [-0.15, -0.1) is 0 Å². The molecule has 0 radical (unpaired) electrons. The van der Waals surface area contributed by atoms with Crippen molar-refractivity contribution in [3.05, 3.63) is 64.8 Å². The van der Waals surface area contributed by atoms with E-state index >= 15 is 0 Å². The Kier molecular flexibility index (Phi) is 5.18. The highest BCUT2D eigenvalue weighted by Crippen LogP contribution is 2.23. The standard InChI is InChI=1S/C18H15Cl2N3O/c19-13-9-14(20)11-15(10-13)23-17(24)6-8-21-16-5-1-3-12-4-2-7-22-18(12)16/h1-5,7,9-11,21H,6,8H2,(H,23,24). The molecule has 3 rings (SSSR count). The minimum absolute atomic E-state index is 0.117. The van der Waals surface area contributed by atoms with Gasteiger partial charge in [-0.05, 0) is 30.3 Å². The van der Waals surface area contributed by atoms with Gasteiger partial charge in [-0.3, -0.25) is 9.78 Å². The van der Waals surface area contributed by atoms with Gasteiger partial charge in [-0.25, -0.2) is 0 Å². The predicted molar refractivity (Wildman–Crippen MR) is 99.9 cm³/mol. The molecule has 1 aromatic heterocycles. The number of fused-ring (bicyclic) bond motifs is 1. The third kappa shape index (κ3) is 4.16. The molecule has 0 saturated carbocycles. The van der Waals surface area contributed by atoms with E-state index in [4.69, 9.17) is 23.2 Å². The second kappa shape index (κ2) is 7.51. The number of hydrogen-bond donors (Lipinski definition) is 2. The Balaban J connectivity index is 1.58. The van der Waals surface area contributed by atoms with E-state index in [0.29, 0.717) is 28.7 Å². The second-order valence-electron chi connectivity index (χ2n) is 5.26. The molecule has 0 aliphatic rings. The van der Waals surface area contributed by atoms with Crippen LogP contribution < -0.4 is 10.6 Å². The Bertz CT molecular complexity index is 858. The van der Waals surface area contributed by atoms with E-state index in [9.17, 15) is 4.79 Å². The van der Waals surface area contributed by atoms with Crippen LogP contribution in [0.5, 0.6) is 0 Å². The number of carbonyl (C=O) groups excluding carboxylic acids is 1. The molecule has 0 saturated heterocycles. The van der Waals surface area contributed by atoms with E-state index in [1.54, 1.807) is 24.4 Å². The van der Waals surface area contributed by atoms with Crippen molar-refractivity contribution < 1.29 is 4.79 Å². The molecule has 3 aromatic rings. The first-order chi connectivity index (χ1) is 11.6. The molecule has 2 aromatic carbocycles. The van der Waals surface area contributed by atoms with Crippen LogP contribution in [0.3, 0.4) is 0 Å².